The van der Waals surface area contributed by atoms with Crippen LogP contribution in [-0.4, -0.2) is 20.6 Å². The van der Waals surface area contributed by atoms with E-state index in [9.17, 15) is 14.9 Å². The van der Waals surface area contributed by atoms with Crippen molar-refractivity contribution in [2.24, 2.45) is 0 Å². The highest BCUT2D eigenvalue weighted by atomic mass is 16.6. The van der Waals surface area contributed by atoms with E-state index in [1.165, 1.54) is 16.4 Å². The first-order valence-corrected chi connectivity index (χ1v) is 7.43. The Morgan fingerprint density at radius 2 is 1.87 bits per heavy atom. The third-order valence-corrected chi connectivity index (χ3v) is 3.62. The van der Waals surface area contributed by atoms with Crippen molar-refractivity contribution in [2.75, 3.05) is 0 Å². The molecule has 2 aromatic rings. The Bertz CT molecular complexity index is 692. The van der Waals surface area contributed by atoms with Crippen LogP contribution in [0.15, 0.2) is 36.7 Å². The molecule has 1 aromatic carbocycles. The van der Waals surface area contributed by atoms with E-state index >= 15 is 0 Å². The third-order valence-electron chi connectivity index (χ3n) is 3.62. The molecule has 1 unspecified atom stereocenters. The van der Waals surface area contributed by atoms with Crippen LogP contribution in [0.2, 0.25) is 0 Å². The van der Waals surface area contributed by atoms with Gasteiger partial charge in [-0.2, -0.15) is 5.10 Å². The molecule has 0 bridgehead atoms. The summed E-state index contributed by atoms with van der Waals surface area (Å²) in [4.78, 5) is 22.1. The molecular formula is C16H20N4O3. The lowest BCUT2D eigenvalue weighted by atomic mass is 9.99. The van der Waals surface area contributed by atoms with Crippen LogP contribution >= 0.6 is 0 Å². The molecule has 0 aliphatic heterocycles. The minimum atomic E-state index is -0.541. The van der Waals surface area contributed by atoms with Crippen molar-refractivity contribution in [3.8, 4) is 0 Å². The first-order valence-electron chi connectivity index (χ1n) is 7.43. The van der Waals surface area contributed by atoms with Gasteiger partial charge in [-0.15, -0.1) is 0 Å². The van der Waals surface area contributed by atoms with Crippen LogP contribution in [0.5, 0.6) is 0 Å². The van der Waals surface area contributed by atoms with Crippen LogP contribution in [-0.2, 0) is 11.3 Å². The molecule has 0 saturated heterocycles. The van der Waals surface area contributed by atoms with Crippen molar-refractivity contribution in [2.45, 2.75) is 39.3 Å². The molecule has 7 nitrogen and oxygen atoms in total. The van der Waals surface area contributed by atoms with Crippen molar-refractivity contribution in [3.63, 3.8) is 0 Å². The number of carbonyl (C=O) groups excluding carboxylic acids is 1. The molecule has 23 heavy (non-hydrogen) atoms. The zero-order valence-corrected chi connectivity index (χ0v) is 13.4. The summed E-state index contributed by atoms with van der Waals surface area (Å²) in [5, 5.41) is 17.3. The summed E-state index contributed by atoms with van der Waals surface area (Å²) in [7, 11) is 0. The van der Waals surface area contributed by atoms with Crippen LogP contribution in [0.4, 0.5) is 5.69 Å². The number of nitrogens with zero attached hydrogens (tertiary/aromatic N) is 3. The van der Waals surface area contributed by atoms with E-state index in [0.29, 0.717) is 5.92 Å². The van der Waals surface area contributed by atoms with E-state index < -0.39 is 4.92 Å². The maximum Gasteiger partial charge on any atom is 0.307 e. The zero-order chi connectivity index (χ0) is 17.0. The normalized spacial score (nSPS) is 12.2. The highest BCUT2D eigenvalue weighted by molar-refractivity contribution is 5.76. The number of hydrogen-bond acceptors (Lipinski definition) is 4. The SMILES string of the molecule is CC(C)c1ccc(C(C)NC(=O)Cn2cc([N+](=O)[O-])cn2)cc1. The summed E-state index contributed by atoms with van der Waals surface area (Å²) in [6, 6.07) is 7.96. The summed E-state index contributed by atoms with van der Waals surface area (Å²) in [6.45, 7) is 6.10. The van der Waals surface area contributed by atoms with E-state index in [-0.39, 0.29) is 24.2 Å². The maximum absolute atomic E-state index is 12.0. The minimum absolute atomic E-state index is 0.0533. The second-order valence-corrected chi connectivity index (χ2v) is 5.76. The molecule has 2 rings (SSSR count). The Morgan fingerprint density at radius 1 is 1.26 bits per heavy atom. The van der Waals surface area contributed by atoms with Gasteiger partial charge in [0.25, 0.3) is 0 Å². The summed E-state index contributed by atoms with van der Waals surface area (Å²) in [5.74, 6) is 0.216. The van der Waals surface area contributed by atoms with Gasteiger partial charge in [0.1, 0.15) is 18.9 Å². The molecule has 0 aliphatic rings. The Labute approximate surface area is 134 Å². The fraction of sp³-hybridized carbons (Fsp3) is 0.375. The topological polar surface area (TPSA) is 90.1 Å². The number of amides is 1. The predicted octanol–water partition coefficient (Wildman–Crippen LogP) is 2.79. The summed E-state index contributed by atoms with van der Waals surface area (Å²) in [6.07, 6.45) is 2.36. The van der Waals surface area contributed by atoms with Gasteiger partial charge in [0.05, 0.1) is 11.0 Å². The molecule has 1 heterocycles. The van der Waals surface area contributed by atoms with Crippen LogP contribution in [0.3, 0.4) is 0 Å². The van der Waals surface area contributed by atoms with E-state index in [0.717, 1.165) is 11.8 Å². The number of hydrogen-bond donors (Lipinski definition) is 1. The lowest BCUT2D eigenvalue weighted by molar-refractivity contribution is -0.385. The molecule has 1 atom stereocenters. The average molecular weight is 316 g/mol. The van der Waals surface area contributed by atoms with Crippen molar-refractivity contribution < 1.29 is 9.72 Å². The van der Waals surface area contributed by atoms with Gasteiger partial charge in [0.2, 0.25) is 5.91 Å². The molecule has 1 amide bonds. The van der Waals surface area contributed by atoms with Crippen LogP contribution in [0.25, 0.3) is 0 Å². The van der Waals surface area contributed by atoms with Gasteiger partial charge < -0.3 is 5.32 Å². The lowest BCUT2D eigenvalue weighted by Gasteiger charge is -2.15. The van der Waals surface area contributed by atoms with E-state index in [1.807, 2.05) is 19.1 Å². The van der Waals surface area contributed by atoms with Gasteiger partial charge in [-0.25, -0.2) is 0 Å². The molecule has 0 aliphatic carbocycles. The lowest BCUT2D eigenvalue weighted by Crippen LogP contribution is -2.30. The highest BCUT2D eigenvalue weighted by Gasteiger charge is 2.13. The Balaban J connectivity index is 1.94. The van der Waals surface area contributed by atoms with E-state index in [4.69, 9.17) is 0 Å². The molecule has 0 spiro atoms. The van der Waals surface area contributed by atoms with Gasteiger partial charge in [0, 0.05) is 0 Å². The monoisotopic (exact) mass is 316 g/mol. The first kappa shape index (κ1) is 16.7. The second kappa shape index (κ2) is 7.04. The summed E-state index contributed by atoms with van der Waals surface area (Å²) < 4.78 is 1.25. The van der Waals surface area contributed by atoms with Crippen LogP contribution in [0.1, 0.15) is 43.9 Å². The Hall–Kier alpha value is -2.70. The Morgan fingerprint density at radius 3 is 2.39 bits per heavy atom. The number of carbonyl (C=O) groups is 1. The number of benzene rings is 1. The first-order chi connectivity index (χ1) is 10.9. The number of rotatable bonds is 6. The minimum Gasteiger partial charge on any atom is -0.348 e. The molecule has 0 radical (unpaired) electrons. The van der Waals surface area contributed by atoms with Gasteiger partial charge >= 0.3 is 5.69 Å². The summed E-state index contributed by atoms with van der Waals surface area (Å²) in [5.41, 5.74) is 2.13. The Kier molecular flexibility index (Phi) is 5.10. The van der Waals surface area contributed by atoms with Crippen LogP contribution < -0.4 is 5.32 Å². The number of nitrogens with one attached hydrogen (secondary N) is 1. The molecule has 7 heteroatoms. The number of aromatic nitrogens is 2. The van der Waals surface area contributed by atoms with Crippen molar-refractivity contribution >= 4 is 11.6 Å². The predicted molar refractivity (Wildman–Crippen MR) is 86.0 cm³/mol. The van der Waals surface area contributed by atoms with Gasteiger partial charge in [0.15, 0.2) is 0 Å². The van der Waals surface area contributed by atoms with Gasteiger partial charge in [-0.3, -0.25) is 19.6 Å². The average Bonchev–Trinajstić information content (AvgIpc) is 2.95. The smallest absolute Gasteiger partial charge is 0.307 e. The fourth-order valence-corrected chi connectivity index (χ4v) is 2.22. The van der Waals surface area contributed by atoms with E-state index in [1.54, 1.807) is 0 Å². The molecule has 1 N–H and O–H groups in total. The molecule has 0 saturated carbocycles. The highest BCUT2D eigenvalue weighted by Crippen LogP contribution is 2.18. The standard InChI is InChI=1S/C16H20N4O3/c1-11(2)13-4-6-14(7-5-13)12(3)18-16(21)10-19-9-15(8-17-19)20(22)23/h4-9,11-12H,10H2,1-3H3,(H,18,21). The zero-order valence-electron chi connectivity index (χ0n) is 13.4. The molecule has 122 valence electrons. The summed E-state index contributed by atoms with van der Waals surface area (Å²) >= 11 is 0. The van der Waals surface area contributed by atoms with Crippen molar-refractivity contribution in [1.82, 2.24) is 15.1 Å². The quantitative estimate of drug-likeness (QED) is 0.655. The third kappa shape index (κ3) is 4.38. The van der Waals surface area contributed by atoms with Gasteiger partial charge in [-0.1, -0.05) is 38.1 Å². The van der Waals surface area contributed by atoms with E-state index in [2.05, 4.69) is 36.4 Å². The molecular weight excluding hydrogens is 296 g/mol. The van der Waals surface area contributed by atoms with Crippen molar-refractivity contribution in [3.05, 3.63) is 57.9 Å². The van der Waals surface area contributed by atoms with Crippen LogP contribution in [0, 0.1) is 10.1 Å². The fourth-order valence-electron chi connectivity index (χ4n) is 2.22. The molecule has 1 aromatic heterocycles. The molecule has 0 fully saturated rings. The second-order valence-electron chi connectivity index (χ2n) is 5.76. The van der Waals surface area contributed by atoms with Gasteiger partial charge in [-0.05, 0) is 24.0 Å². The maximum atomic E-state index is 12.0. The van der Waals surface area contributed by atoms with Crippen molar-refractivity contribution in [1.29, 1.82) is 0 Å². The number of nitro groups is 1. The largest absolute Gasteiger partial charge is 0.348 e.